The predicted octanol–water partition coefficient (Wildman–Crippen LogP) is 1.73. The van der Waals surface area contributed by atoms with Crippen LogP contribution < -0.4 is 5.73 Å². The molecule has 0 heterocycles. The quantitative estimate of drug-likeness (QED) is 0.797. The molecule has 0 saturated heterocycles. The number of hydrogen-bond donors (Lipinski definition) is 1. The maximum atomic E-state index is 13.3. The molecular formula is C11H16FNO. The van der Waals surface area contributed by atoms with Crippen LogP contribution in [0.2, 0.25) is 0 Å². The molecule has 0 fully saturated rings. The minimum Gasteiger partial charge on any atom is -0.377 e. The lowest BCUT2D eigenvalue weighted by Gasteiger charge is -2.26. The van der Waals surface area contributed by atoms with Gasteiger partial charge in [0.05, 0.1) is 5.60 Å². The highest BCUT2D eigenvalue weighted by atomic mass is 19.1. The van der Waals surface area contributed by atoms with Gasteiger partial charge in [0.1, 0.15) is 5.82 Å². The van der Waals surface area contributed by atoms with E-state index in [-0.39, 0.29) is 5.82 Å². The Morgan fingerprint density at radius 2 is 2.07 bits per heavy atom. The molecular weight excluding hydrogens is 181 g/mol. The first-order valence-corrected chi connectivity index (χ1v) is 4.60. The van der Waals surface area contributed by atoms with Crippen LogP contribution >= 0.6 is 0 Å². The normalized spacial score (nSPS) is 15.1. The Kier molecular flexibility index (Phi) is 3.61. The van der Waals surface area contributed by atoms with Gasteiger partial charge in [-0.25, -0.2) is 4.39 Å². The fourth-order valence-corrected chi connectivity index (χ4v) is 1.27. The molecule has 1 rings (SSSR count). The van der Waals surface area contributed by atoms with E-state index in [9.17, 15) is 4.39 Å². The Bertz CT molecular complexity index is 297. The van der Waals surface area contributed by atoms with E-state index < -0.39 is 5.60 Å². The number of ether oxygens (including phenoxy) is 1. The summed E-state index contributed by atoms with van der Waals surface area (Å²) in [5.41, 5.74) is 5.73. The Hall–Kier alpha value is -0.930. The Morgan fingerprint density at radius 3 is 2.57 bits per heavy atom. The molecule has 0 bridgehead atoms. The van der Waals surface area contributed by atoms with Gasteiger partial charge in [-0.1, -0.05) is 18.2 Å². The Balaban J connectivity index is 2.82. The number of nitrogens with two attached hydrogens (primary N) is 1. The van der Waals surface area contributed by atoms with Gasteiger partial charge in [0.15, 0.2) is 0 Å². The molecule has 1 unspecified atom stereocenters. The Labute approximate surface area is 83.9 Å². The van der Waals surface area contributed by atoms with E-state index in [2.05, 4.69) is 0 Å². The molecule has 0 aliphatic carbocycles. The summed E-state index contributed by atoms with van der Waals surface area (Å²) in [6, 6.07) is 6.68. The zero-order valence-electron chi connectivity index (χ0n) is 8.59. The van der Waals surface area contributed by atoms with Gasteiger partial charge in [0.2, 0.25) is 0 Å². The van der Waals surface area contributed by atoms with Crippen molar-refractivity contribution < 1.29 is 9.13 Å². The van der Waals surface area contributed by atoms with Crippen LogP contribution in [0.5, 0.6) is 0 Å². The largest absolute Gasteiger partial charge is 0.377 e. The summed E-state index contributed by atoms with van der Waals surface area (Å²) >= 11 is 0. The number of benzene rings is 1. The highest BCUT2D eigenvalue weighted by Crippen LogP contribution is 2.17. The van der Waals surface area contributed by atoms with Crippen LogP contribution in [0.4, 0.5) is 4.39 Å². The fourth-order valence-electron chi connectivity index (χ4n) is 1.27. The highest BCUT2D eigenvalue weighted by molar-refractivity contribution is 5.19. The van der Waals surface area contributed by atoms with E-state index in [4.69, 9.17) is 10.5 Å². The van der Waals surface area contributed by atoms with Crippen molar-refractivity contribution in [3.63, 3.8) is 0 Å². The number of halogens is 1. The highest BCUT2D eigenvalue weighted by Gasteiger charge is 2.23. The molecule has 0 aliphatic heterocycles. The summed E-state index contributed by atoms with van der Waals surface area (Å²) in [7, 11) is 1.59. The second-order valence-corrected chi connectivity index (χ2v) is 3.63. The molecule has 78 valence electrons. The second kappa shape index (κ2) is 4.53. The van der Waals surface area contributed by atoms with Gasteiger partial charge < -0.3 is 10.5 Å². The van der Waals surface area contributed by atoms with Crippen molar-refractivity contribution in [3.05, 3.63) is 35.6 Å². The second-order valence-electron chi connectivity index (χ2n) is 3.63. The van der Waals surface area contributed by atoms with Crippen LogP contribution in [0.25, 0.3) is 0 Å². The molecule has 0 aliphatic rings. The van der Waals surface area contributed by atoms with Crippen LogP contribution in [0, 0.1) is 5.82 Å². The topological polar surface area (TPSA) is 35.2 Å². The van der Waals surface area contributed by atoms with Crippen LogP contribution in [0.3, 0.4) is 0 Å². The van der Waals surface area contributed by atoms with E-state index in [1.807, 2.05) is 13.0 Å². The van der Waals surface area contributed by atoms with Gasteiger partial charge in [0.25, 0.3) is 0 Å². The summed E-state index contributed by atoms with van der Waals surface area (Å²) in [5, 5.41) is 0. The third kappa shape index (κ3) is 2.53. The number of methoxy groups -OCH3 is 1. The first-order valence-electron chi connectivity index (χ1n) is 4.60. The van der Waals surface area contributed by atoms with Gasteiger partial charge >= 0.3 is 0 Å². The summed E-state index contributed by atoms with van der Waals surface area (Å²) in [4.78, 5) is 0. The number of rotatable bonds is 4. The lowest BCUT2D eigenvalue weighted by Crippen LogP contribution is -2.39. The van der Waals surface area contributed by atoms with Gasteiger partial charge in [-0.3, -0.25) is 0 Å². The zero-order valence-corrected chi connectivity index (χ0v) is 8.59. The molecule has 1 atom stereocenters. The van der Waals surface area contributed by atoms with Crippen LogP contribution in [-0.4, -0.2) is 19.3 Å². The molecule has 14 heavy (non-hydrogen) atoms. The zero-order chi connectivity index (χ0) is 10.6. The molecule has 0 saturated carbocycles. The smallest absolute Gasteiger partial charge is 0.126 e. The molecule has 2 nitrogen and oxygen atoms in total. The van der Waals surface area contributed by atoms with Crippen LogP contribution in [0.15, 0.2) is 24.3 Å². The van der Waals surface area contributed by atoms with E-state index in [0.717, 1.165) is 0 Å². The maximum Gasteiger partial charge on any atom is 0.126 e. The summed E-state index contributed by atoms with van der Waals surface area (Å²) in [6.45, 7) is 2.25. The van der Waals surface area contributed by atoms with Crippen molar-refractivity contribution in [2.45, 2.75) is 18.9 Å². The summed E-state index contributed by atoms with van der Waals surface area (Å²) in [6.07, 6.45) is 0.493. The predicted molar refractivity (Wildman–Crippen MR) is 54.6 cm³/mol. The minimum absolute atomic E-state index is 0.204. The van der Waals surface area contributed by atoms with Crippen molar-refractivity contribution in [3.8, 4) is 0 Å². The van der Waals surface area contributed by atoms with Gasteiger partial charge in [-0.2, -0.15) is 0 Å². The van der Waals surface area contributed by atoms with E-state index in [1.54, 1.807) is 19.2 Å². The first kappa shape index (κ1) is 11.1. The molecule has 1 aromatic rings. The van der Waals surface area contributed by atoms with E-state index in [1.165, 1.54) is 6.07 Å². The van der Waals surface area contributed by atoms with Gasteiger partial charge in [-0.15, -0.1) is 0 Å². The van der Waals surface area contributed by atoms with Crippen molar-refractivity contribution >= 4 is 0 Å². The average molecular weight is 197 g/mol. The molecule has 0 radical (unpaired) electrons. The van der Waals surface area contributed by atoms with Crippen molar-refractivity contribution in [1.82, 2.24) is 0 Å². The average Bonchev–Trinajstić information content (AvgIpc) is 2.21. The molecule has 3 heteroatoms. The number of hydrogen-bond acceptors (Lipinski definition) is 2. The lowest BCUT2D eigenvalue weighted by molar-refractivity contribution is 0.0137. The standard InChI is InChI=1S/C11H16FNO/c1-11(8-13,14-2)7-9-5-3-4-6-10(9)12/h3-6H,7-8,13H2,1-2H3. The third-order valence-electron chi connectivity index (χ3n) is 2.45. The maximum absolute atomic E-state index is 13.3. The van der Waals surface area contributed by atoms with Gasteiger partial charge in [-0.05, 0) is 18.6 Å². The SMILES string of the molecule is COC(C)(CN)Cc1ccccc1F. The molecule has 2 N–H and O–H groups in total. The monoisotopic (exact) mass is 197 g/mol. The van der Waals surface area contributed by atoms with Crippen molar-refractivity contribution in [2.75, 3.05) is 13.7 Å². The molecule has 0 aromatic heterocycles. The van der Waals surface area contributed by atoms with E-state index >= 15 is 0 Å². The molecule has 0 spiro atoms. The van der Waals surface area contributed by atoms with Crippen molar-refractivity contribution in [1.29, 1.82) is 0 Å². The fraction of sp³-hybridized carbons (Fsp3) is 0.455. The summed E-state index contributed by atoms with van der Waals surface area (Å²) in [5.74, 6) is -0.204. The van der Waals surface area contributed by atoms with Crippen LogP contribution in [0.1, 0.15) is 12.5 Å². The Morgan fingerprint density at radius 1 is 1.43 bits per heavy atom. The first-order chi connectivity index (χ1) is 6.61. The van der Waals surface area contributed by atoms with Crippen molar-refractivity contribution in [2.24, 2.45) is 5.73 Å². The summed E-state index contributed by atoms with van der Waals surface area (Å²) < 4.78 is 18.6. The van der Waals surface area contributed by atoms with Gasteiger partial charge in [0, 0.05) is 20.1 Å². The minimum atomic E-state index is -0.484. The van der Waals surface area contributed by atoms with E-state index in [0.29, 0.717) is 18.5 Å². The molecule has 0 amide bonds. The van der Waals surface area contributed by atoms with Crippen LogP contribution in [-0.2, 0) is 11.2 Å². The third-order valence-corrected chi connectivity index (χ3v) is 2.45. The molecule has 1 aromatic carbocycles. The lowest BCUT2D eigenvalue weighted by atomic mass is 9.96.